The van der Waals surface area contributed by atoms with Crippen LogP contribution in [0.1, 0.15) is 41.8 Å². The maximum absolute atomic E-state index is 12.5. The van der Waals surface area contributed by atoms with Crippen LogP contribution in [0.5, 0.6) is 0 Å². The minimum atomic E-state index is -0.0560. The van der Waals surface area contributed by atoms with E-state index in [-0.39, 0.29) is 5.91 Å². The first-order valence-electron chi connectivity index (χ1n) is 7.67. The van der Waals surface area contributed by atoms with E-state index < -0.39 is 0 Å². The normalized spacial score (nSPS) is 9.78. The Bertz CT molecular complexity index is 631. The van der Waals surface area contributed by atoms with Crippen LogP contribution in [0.4, 0.5) is 5.82 Å². The molecule has 0 spiro atoms. The topological polar surface area (TPSA) is 45.2 Å². The molecule has 0 aliphatic rings. The Labute approximate surface area is 147 Å². The zero-order chi connectivity index (χ0) is 17.2. The molecule has 1 N–H and O–H groups in total. The average molecular weight is 378 g/mol. The summed E-state index contributed by atoms with van der Waals surface area (Å²) in [4.78, 5) is 18.3. The predicted molar refractivity (Wildman–Crippen MR) is 99.9 cm³/mol. The number of pyridine rings is 1. The number of nitrogens with one attached hydrogen (secondary N) is 1. The van der Waals surface area contributed by atoms with Gasteiger partial charge in [-0.25, -0.2) is 4.98 Å². The van der Waals surface area contributed by atoms with E-state index in [1.807, 2.05) is 43.3 Å². The lowest BCUT2D eigenvalue weighted by atomic mass is 10.1. The fourth-order valence-corrected chi connectivity index (χ4v) is 2.25. The van der Waals surface area contributed by atoms with E-state index >= 15 is 0 Å². The van der Waals surface area contributed by atoms with Gasteiger partial charge in [-0.05, 0) is 36.2 Å². The smallest absolute Gasteiger partial charge is 0.259 e. The molecule has 5 heteroatoms. The van der Waals surface area contributed by atoms with Crippen molar-refractivity contribution in [3.63, 3.8) is 0 Å². The third-order valence-corrected chi connectivity index (χ3v) is 3.38. The summed E-state index contributed by atoms with van der Waals surface area (Å²) in [6.45, 7) is 6.85. The van der Waals surface area contributed by atoms with Crippen molar-refractivity contribution in [2.75, 3.05) is 11.9 Å². The fraction of sp³-hybridized carbons (Fsp3) is 0.333. The van der Waals surface area contributed by atoms with Crippen LogP contribution in [0.2, 0.25) is 0 Å². The van der Waals surface area contributed by atoms with Crippen molar-refractivity contribution >= 4 is 27.9 Å². The summed E-state index contributed by atoms with van der Waals surface area (Å²) in [5, 5.41) is 0. The molecule has 0 saturated heterocycles. The van der Waals surface area contributed by atoms with Crippen LogP contribution in [-0.4, -0.2) is 17.9 Å². The molecular formula is C18H24BrN3O. The van der Waals surface area contributed by atoms with Gasteiger partial charge >= 0.3 is 0 Å². The highest BCUT2D eigenvalue weighted by Gasteiger charge is 2.16. The van der Waals surface area contributed by atoms with Gasteiger partial charge in [0.25, 0.3) is 5.91 Å². The number of aryl methyl sites for hydroxylation is 1. The quantitative estimate of drug-likeness (QED) is 0.798. The molecular weight excluding hydrogens is 354 g/mol. The van der Waals surface area contributed by atoms with Crippen molar-refractivity contribution in [1.82, 2.24) is 9.33 Å². The number of rotatable bonds is 4. The molecule has 0 aliphatic carbocycles. The lowest BCUT2D eigenvalue weighted by Crippen LogP contribution is -2.27. The first kappa shape index (κ1) is 19.3. The Morgan fingerprint density at radius 2 is 1.91 bits per heavy atom. The number of aromatic nitrogens is 1. The van der Waals surface area contributed by atoms with E-state index in [0.717, 1.165) is 11.1 Å². The van der Waals surface area contributed by atoms with Crippen molar-refractivity contribution in [2.45, 2.75) is 33.7 Å². The SMILES string of the molecule is CCC.Cc1ccccc1C(=O)N(C)c1cc(CNBr)ccn1. The largest absolute Gasteiger partial charge is 0.296 e. The Kier molecular flexibility index (Phi) is 8.51. The van der Waals surface area contributed by atoms with E-state index in [0.29, 0.717) is 17.9 Å². The average Bonchev–Trinajstić information content (AvgIpc) is 2.55. The number of hydrogen-bond acceptors (Lipinski definition) is 3. The van der Waals surface area contributed by atoms with Crippen LogP contribution >= 0.6 is 16.1 Å². The second kappa shape index (κ2) is 10.1. The number of benzene rings is 1. The Balaban J connectivity index is 0.000000816. The lowest BCUT2D eigenvalue weighted by Gasteiger charge is -2.18. The monoisotopic (exact) mass is 377 g/mol. The molecule has 2 aromatic rings. The van der Waals surface area contributed by atoms with Gasteiger partial charge in [0.15, 0.2) is 0 Å². The third-order valence-electron chi connectivity index (χ3n) is 3.10. The van der Waals surface area contributed by atoms with E-state index in [2.05, 4.69) is 39.3 Å². The van der Waals surface area contributed by atoms with Crippen molar-refractivity contribution in [3.8, 4) is 0 Å². The molecule has 1 aromatic heterocycles. The maximum atomic E-state index is 12.5. The van der Waals surface area contributed by atoms with Crippen LogP contribution in [-0.2, 0) is 6.54 Å². The number of anilines is 1. The summed E-state index contributed by atoms with van der Waals surface area (Å²) < 4.78 is 2.90. The predicted octanol–water partition coefficient (Wildman–Crippen LogP) is 4.48. The molecule has 1 heterocycles. The van der Waals surface area contributed by atoms with Crippen molar-refractivity contribution < 1.29 is 4.79 Å². The van der Waals surface area contributed by atoms with Gasteiger partial charge in [-0.1, -0.05) is 38.5 Å². The molecule has 124 valence electrons. The zero-order valence-electron chi connectivity index (χ0n) is 14.1. The van der Waals surface area contributed by atoms with Gasteiger partial charge in [0, 0.05) is 41.5 Å². The number of carbonyl (C=O) groups excluding carboxylic acids is 1. The van der Waals surface area contributed by atoms with Gasteiger partial charge in [0.05, 0.1) is 0 Å². The molecule has 0 fully saturated rings. The highest BCUT2D eigenvalue weighted by atomic mass is 79.9. The number of nitrogens with zero attached hydrogens (tertiary/aromatic N) is 2. The summed E-state index contributed by atoms with van der Waals surface area (Å²) >= 11 is 3.17. The molecule has 1 aromatic carbocycles. The lowest BCUT2D eigenvalue weighted by molar-refractivity contribution is 0.0991. The van der Waals surface area contributed by atoms with E-state index in [1.165, 1.54) is 6.42 Å². The second-order valence-electron chi connectivity index (χ2n) is 5.22. The van der Waals surface area contributed by atoms with Crippen molar-refractivity contribution in [2.24, 2.45) is 0 Å². The van der Waals surface area contributed by atoms with Gasteiger partial charge < -0.3 is 0 Å². The minimum absolute atomic E-state index is 0.0560. The minimum Gasteiger partial charge on any atom is -0.296 e. The molecule has 0 saturated carbocycles. The molecule has 2 rings (SSSR count). The standard InChI is InChI=1S/C15H16BrN3O.C3H8/c1-11-5-3-4-6-13(11)15(20)19(2)14-9-12(10-18-16)7-8-17-14;1-3-2/h3-9,18H,10H2,1-2H3;3H2,1-2H3. The van der Waals surface area contributed by atoms with Crippen LogP contribution in [0.25, 0.3) is 0 Å². The highest BCUT2D eigenvalue weighted by molar-refractivity contribution is 9.08. The Hall–Kier alpha value is -1.72. The van der Waals surface area contributed by atoms with Crippen molar-refractivity contribution in [1.29, 1.82) is 0 Å². The Morgan fingerprint density at radius 1 is 1.26 bits per heavy atom. The summed E-state index contributed by atoms with van der Waals surface area (Å²) in [6.07, 6.45) is 2.95. The number of halogens is 1. The number of hydrogen-bond donors (Lipinski definition) is 1. The molecule has 0 aliphatic heterocycles. The van der Waals surface area contributed by atoms with Crippen LogP contribution < -0.4 is 9.24 Å². The van der Waals surface area contributed by atoms with Gasteiger partial charge in [0.1, 0.15) is 5.82 Å². The summed E-state index contributed by atoms with van der Waals surface area (Å²) in [6, 6.07) is 11.4. The van der Waals surface area contributed by atoms with Crippen LogP contribution in [0.3, 0.4) is 0 Å². The number of carbonyl (C=O) groups is 1. The van der Waals surface area contributed by atoms with E-state index in [9.17, 15) is 4.79 Å². The second-order valence-corrected chi connectivity index (χ2v) is 5.78. The highest BCUT2D eigenvalue weighted by Crippen LogP contribution is 2.16. The van der Waals surface area contributed by atoms with Gasteiger partial charge in [-0.2, -0.15) is 0 Å². The maximum Gasteiger partial charge on any atom is 0.259 e. The third kappa shape index (κ3) is 5.77. The molecule has 23 heavy (non-hydrogen) atoms. The molecule has 0 bridgehead atoms. The zero-order valence-corrected chi connectivity index (χ0v) is 15.7. The fourth-order valence-electron chi connectivity index (χ4n) is 1.93. The van der Waals surface area contributed by atoms with Crippen LogP contribution in [0, 0.1) is 6.92 Å². The van der Waals surface area contributed by atoms with Crippen molar-refractivity contribution in [3.05, 3.63) is 59.3 Å². The molecule has 1 amide bonds. The summed E-state index contributed by atoms with van der Waals surface area (Å²) in [5.74, 6) is 0.582. The van der Waals surface area contributed by atoms with Gasteiger partial charge in [-0.3, -0.25) is 14.0 Å². The summed E-state index contributed by atoms with van der Waals surface area (Å²) in [7, 11) is 1.74. The summed E-state index contributed by atoms with van der Waals surface area (Å²) in [5.41, 5.74) is 2.71. The van der Waals surface area contributed by atoms with E-state index in [4.69, 9.17) is 0 Å². The number of amides is 1. The molecule has 0 unspecified atom stereocenters. The first-order valence-corrected chi connectivity index (χ1v) is 8.46. The van der Waals surface area contributed by atoms with E-state index in [1.54, 1.807) is 18.1 Å². The van der Waals surface area contributed by atoms with Gasteiger partial charge in [-0.15, -0.1) is 0 Å². The molecule has 4 nitrogen and oxygen atoms in total. The van der Waals surface area contributed by atoms with Gasteiger partial charge in [0.2, 0.25) is 0 Å². The molecule has 0 radical (unpaired) electrons. The molecule has 0 atom stereocenters. The Morgan fingerprint density at radius 3 is 2.52 bits per heavy atom. The first-order chi connectivity index (χ1) is 11.0. The van der Waals surface area contributed by atoms with Crippen LogP contribution in [0.15, 0.2) is 42.6 Å².